The van der Waals surface area contributed by atoms with Crippen LogP contribution in [0.3, 0.4) is 0 Å². The molecule has 5 heteroatoms. The topological polar surface area (TPSA) is 37.4 Å². The van der Waals surface area contributed by atoms with Crippen LogP contribution >= 0.6 is 15.9 Å². The lowest BCUT2D eigenvalue weighted by Crippen LogP contribution is -2.30. The molecule has 0 aromatic heterocycles. The Bertz CT molecular complexity index is 501. The van der Waals surface area contributed by atoms with Gasteiger partial charge in [-0.25, -0.2) is 8.42 Å². The van der Waals surface area contributed by atoms with E-state index < -0.39 is 10.0 Å². The van der Waals surface area contributed by atoms with E-state index in [-0.39, 0.29) is 0 Å². The van der Waals surface area contributed by atoms with Gasteiger partial charge in [-0.3, -0.25) is 0 Å². The summed E-state index contributed by atoms with van der Waals surface area (Å²) in [6.45, 7) is 1.42. The summed E-state index contributed by atoms with van der Waals surface area (Å²) >= 11 is 3.30. The maximum Gasteiger partial charge on any atom is 0.243 e. The fourth-order valence-electron chi connectivity index (χ4n) is 2.31. The molecule has 1 saturated heterocycles. The highest BCUT2D eigenvalue weighted by molar-refractivity contribution is 9.10. The normalized spacial score (nSPS) is 29.1. The highest BCUT2D eigenvalue weighted by Crippen LogP contribution is 2.46. The van der Waals surface area contributed by atoms with E-state index in [0.717, 1.165) is 4.47 Å². The van der Waals surface area contributed by atoms with Crippen LogP contribution in [0, 0.1) is 11.8 Å². The smallest absolute Gasteiger partial charge is 0.207 e. The summed E-state index contributed by atoms with van der Waals surface area (Å²) in [6, 6.07) is 6.85. The minimum atomic E-state index is -3.25. The summed E-state index contributed by atoms with van der Waals surface area (Å²) in [7, 11) is -3.25. The Morgan fingerprint density at radius 3 is 2.25 bits per heavy atom. The molecule has 3 nitrogen and oxygen atoms in total. The van der Waals surface area contributed by atoms with Crippen LogP contribution in [0.4, 0.5) is 0 Å². The first-order valence-electron chi connectivity index (χ1n) is 5.33. The molecule has 1 saturated carbocycles. The van der Waals surface area contributed by atoms with Crippen LogP contribution in [0.1, 0.15) is 6.42 Å². The van der Waals surface area contributed by atoms with Crippen LogP contribution < -0.4 is 0 Å². The molecule has 2 fully saturated rings. The van der Waals surface area contributed by atoms with E-state index in [9.17, 15) is 8.42 Å². The number of piperidine rings is 1. The van der Waals surface area contributed by atoms with Crippen molar-refractivity contribution in [2.75, 3.05) is 13.1 Å². The van der Waals surface area contributed by atoms with Crippen LogP contribution in [-0.2, 0) is 10.0 Å². The summed E-state index contributed by atoms with van der Waals surface area (Å²) in [5, 5.41) is 0. The number of hydrogen-bond acceptors (Lipinski definition) is 2. The SMILES string of the molecule is O=S(=O)(c1ccc(Br)cc1)N1CC2CC2C1. The lowest BCUT2D eigenvalue weighted by atomic mass is 10.4. The number of hydrogen-bond donors (Lipinski definition) is 0. The van der Waals surface area contributed by atoms with Gasteiger partial charge in [-0.05, 0) is 42.5 Å². The van der Waals surface area contributed by atoms with E-state index in [2.05, 4.69) is 15.9 Å². The number of halogens is 1. The molecule has 1 heterocycles. The Morgan fingerprint density at radius 1 is 1.12 bits per heavy atom. The zero-order valence-corrected chi connectivity index (χ0v) is 11.0. The van der Waals surface area contributed by atoms with E-state index in [1.807, 2.05) is 0 Å². The largest absolute Gasteiger partial charge is 0.243 e. The molecular formula is C11H12BrNO2S. The molecule has 1 aliphatic carbocycles. The number of fused-ring (bicyclic) bond motifs is 1. The quantitative estimate of drug-likeness (QED) is 0.839. The van der Waals surface area contributed by atoms with E-state index in [1.54, 1.807) is 28.6 Å². The first-order chi connectivity index (χ1) is 7.57. The highest BCUT2D eigenvalue weighted by atomic mass is 79.9. The molecule has 0 amide bonds. The number of nitrogens with zero attached hydrogens (tertiary/aromatic N) is 1. The monoisotopic (exact) mass is 301 g/mol. The Labute approximate surface area is 104 Å². The van der Waals surface area contributed by atoms with Crippen molar-refractivity contribution >= 4 is 26.0 Å². The molecule has 0 spiro atoms. The second-order valence-corrected chi connectivity index (χ2v) is 7.39. The third-order valence-electron chi connectivity index (χ3n) is 3.40. The van der Waals surface area contributed by atoms with Crippen LogP contribution in [0.15, 0.2) is 33.6 Å². The van der Waals surface area contributed by atoms with Gasteiger partial charge in [0.05, 0.1) is 4.90 Å². The fourth-order valence-corrected chi connectivity index (χ4v) is 4.13. The minimum absolute atomic E-state index is 0.400. The summed E-state index contributed by atoms with van der Waals surface area (Å²) in [5.74, 6) is 1.26. The minimum Gasteiger partial charge on any atom is -0.207 e. The van der Waals surface area contributed by atoms with Crippen LogP contribution in [0.2, 0.25) is 0 Å². The molecular weight excluding hydrogens is 290 g/mol. The number of benzene rings is 1. The van der Waals surface area contributed by atoms with Crippen molar-refractivity contribution in [2.45, 2.75) is 11.3 Å². The van der Waals surface area contributed by atoms with Crippen molar-refractivity contribution in [3.63, 3.8) is 0 Å². The summed E-state index contributed by atoms with van der Waals surface area (Å²) in [6.07, 6.45) is 1.21. The first kappa shape index (κ1) is 10.7. The van der Waals surface area contributed by atoms with Crippen molar-refractivity contribution in [1.29, 1.82) is 0 Å². The van der Waals surface area contributed by atoms with E-state index in [4.69, 9.17) is 0 Å². The van der Waals surface area contributed by atoms with Gasteiger partial charge in [0.1, 0.15) is 0 Å². The Kier molecular flexibility index (Phi) is 2.38. The molecule has 3 rings (SSSR count). The molecule has 0 N–H and O–H groups in total. The van der Waals surface area contributed by atoms with Gasteiger partial charge in [0.15, 0.2) is 0 Å². The lowest BCUT2D eigenvalue weighted by molar-refractivity contribution is 0.443. The van der Waals surface area contributed by atoms with Crippen LogP contribution in [0.5, 0.6) is 0 Å². The molecule has 1 aromatic carbocycles. The molecule has 2 unspecified atom stereocenters. The molecule has 0 radical (unpaired) electrons. The third kappa shape index (κ3) is 1.71. The standard InChI is InChI=1S/C11H12BrNO2S/c12-10-1-3-11(4-2-10)16(14,15)13-6-8-5-9(8)7-13/h1-4,8-9H,5-7H2. The zero-order chi connectivity index (χ0) is 11.3. The van der Waals surface area contributed by atoms with Gasteiger partial charge in [-0.2, -0.15) is 4.31 Å². The van der Waals surface area contributed by atoms with Crippen LogP contribution in [-0.4, -0.2) is 25.8 Å². The van der Waals surface area contributed by atoms with Gasteiger partial charge in [-0.15, -0.1) is 0 Å². The summed E-state index contributed by atoms with van der Waals surface area (Å²) < 4.78 is 27.0. The van der Waals surface area contributed by atoms with E-state index in [0.29, 0.717) is 29.8 Å². The van der Waals surface area contributed by atoms with Gasteiger partial charge < -0.3 is 0 Å². The van der Waals surface area contributed by atoms with Crippen LogP contribution in [0.25, 0.3) is 0 Å². The predicted octanol–water partition coefficient (Wildman–Crippen LogP) is 2.09. The highest BCUT2D eigenvalue weighted by Gasteiger charge is 2.48. The van der Waals surface area contributed by atoms with Crippen molar-refractivity contribution in [3.05, 3.63) is 28.7 Å². The van der Waals surface area contributed by atoms with E-state index >= 15 is 0 Å². The van der Waals surface area contributed by atoms with Crippen molar-refractivity contribution in [1.82, 2.24) is 4.31 Å². The van der Waals surface area contributed by atoms with Gasteiger partial charge in [0.2, 0.25) is 10.0 Å². The molecule has 16 heavy (non-hydrogen) atoms. The molecule has 86 valence electrons. The fraction of sp³-hybridized carbons (Fsp3) is 0.455. The Morgan fingerprint density at radius 2 is 1.69 bits per heavy atom. The third-order valence-corrected chi connectivity index (χ3v) is 5.77. The second kappa shape index (κ2) is 3.55. The maximum atomic E-state index is 12.2. The van der Waals surface area contributed by atoms with Gasteiger partial charge >= 0.3 is 0 Å². The van der Waals surface area contributed by atoms with Crippen molar-refractivity contribution < 1.29 is 8.42 Å². The summed E-state index contributed by atoms with van der Waals surface area (Å²) in [4.78, 5) is 0.400. The van der Waals surface area contributed by atoms with E-state index in [1.165, 1.54) is 6.42 Å². The Hall–Kier alpha value is -0.390. The summed E-state index contributed by atoms with van der Waals surface area (Å²) in [5.41, 5.74) is 0. The maximum absolute atomic E-state index is 12.2. The van der Waals surface area contributed by atoms with Crippen molar-refractivity contribution in [3.8, 4) is 0 Å². The Balaban J connectivity index is 1.89. The molecule has 1 aliphatic heterocycles. The predicted molar refractivity (Wildman–Crippen MR) is 64.5 cm³/mol. The molecule has 2 atom stereocenters. The average Bonchev–Trinajstić information content (AvgIpc) is 2.86. The van der Waals surface area contributed by atoms with Gasteiger partial charge in [0, 0.05) is 17.6 Å². The lowest BCUT2D eigenvalue weighted by Gasteiger charge is -2.17. The average molecular weight is 302 g/mol. The second-order valence-electron chi connectivity index (χ2n) is 4.53. The number of rotatable bonds is 2. The molecule has 1 aromatic rings. The zero-order valence-electron chi connectivity index (χ0n) is 8.64. The molecule has 0 bridgehead atoms. The van der Waals surface area contributed by atoms with Gasteiger partial charge in [0.25, 0.3) is 0 Å². The first-order valence-corrected chi connectivity index (χ1v) is 7.56. The van der Waals surface area contributed by atoms with Crippen molar-refractivity contribution in [2.24, 2.45) is 11.8 Å². The number of sulfonamides is 1. The van der Waals surface area contributed by atoms with Gasteiger partial charge in [-0.1, -0.05) is 15.9 Å². The molecule has 2 aliphatic rings.